The average molecular weight is 544 g/mol. The van der Waals surface area contributed by atoms with Crippen LogP contribution in [0.2, 0.25) is 0 Å². The van der Waals surface area contributed by atoms with Crippen LogP contribution in [-0.2, 0) is 7.05 Å². The Bertz CT molecular complexity index is 1550. The number of pyridine rings is 1. The highest BCUT2D eigenvalue weighted by Gasteiger charge is 2.14. The molecule has 0 fully saturated rings. The summed E-state index contributed by atoms with van der Waals surface area (Å²) in [5, 5.41) is 9.02. The standard InChI is InChI=1S/C26H22BrN7O2/c1-34-12-10-20-23(34)25(29-19-7-4-11-28-15-19)33-24(31-20)16-5-3-6-18(13-16)30-26(35)32-21-14-17(27)8-9-22(21)36-2/h3-15H,1-2H3,(H,29,31,33)(H2,30,32,35). The number of rotatable bonds is 6. The van der Waals surface area contributed by atoms with Crippen molar-refractivity contribution in [2.24, 2.45) is 7.05 Å². The Balaban J connectivity index is 1.43. The van der Waals surface area contributed by atoms with Gasteiger partial charge in [0.05, 0.1) is 30.2 Å². The van der Waals surface area contributed by atoms with Crippen LogP contribution < -0.4 is 20.7 Å². The number of nitrogens with zero attached hydrogens (tertiary/aromatic N) is 4. The summed E-state index contributed by atoms with van der Waals surface area (Å²) in [5.74, 6) is 1.74. The molecule has 10 heteroatoms. The normalized spacial score (nSPS) is 10.8. The molecular weight excluding hydrogens is 522 g/mol. The minimum Gasteiger partial charge on any atom is -0.495 e. The van der Waals surface area contributed by atoms with Crippen molar-refractivity contribution in [3.05, 3.63) is 83.7 Å². The van der Waals surface area contributed by atoms with Crippen molar-refractivity contribution in [3.8, 4) is 17.1 Å². The SMILES string of the molecule is COc1ccc(Br)cc1NC(=O)Nc1cccc(-c2nc(Nc3cccnc3)c3c(ccn3C)n2)c1. The first-order chi connectivity index (χ1) is 17.5. The number of methoxy groups -OCH3 is 1. The van der Waals surface area contributed by atoms with Crippen LogP contribution in [0.4, 0.5) is 27.7 Å². The molecule has 0 bridgehead atoms. The first-order valence-electron chi connectivity index (χ1n) is 11.0. The van der Waals surface area contributed by atoms with Crippen molar-refractivity contribution in [2.45, 2.75) is 0 Å². The molecule has 2 aromatic carbocycles. The van der Waals surface area contributed by atoms with Gasteiger partial charge >= 0.3 is 6.03 Å². The van der Waals surface area contributed by atoms with Crippen molar-refractivity contribution in [1.29, 1.82) is 0 Å². The highest BCUT2D eigenvalue weighted by molar-refractivity contribution is 9.10. The van der Waals surface area contributed by atoms with Gasteiger partial charge in [0.2, 0.25) is 0 Å². The predicted octanol–water partition coefficient (Wildman–Crippen LogP) is 6.19. The van der Waals surface area contributed by atoms with E-state index in [1.807, 2.05) is 60.3 Å². The van der Waals surface area contributed by atoms with Crippen molar-refractivity contribution >= 4 is 55.9 Å². The van der Waals surface area contributed by atoms with Crippen molar-refractivity contribution in [1.82, 2.24) is 19.5 Å². The number of hydrogen-bond acceptors (Lipinski definition) is 6. The maximum Gasteiger partial charge on any atom is 0.323 e. The second kappa shape index (κ2) is 10.0. The molecule has 0 radical (unpaired) electrons. The van der Waals surface area contributed by atoms with Crippen molar-refractivity contribution in [2.75, 3.05) is 23.1 Å². The molecule has 9 nitrogen and oxygen atoms in total. The fourth-order valence-electron chi connectivity index (χ4n) is 3.78. The maximum absolute atomic E-state index is 12.7. The van der Waals surface area contributed by atoms with Gasteiger partial charge in [-0.05, 0) is 48.5 Å². The number of anilines is 4. The van der Waals surface area contributed by atoms with Crippen molar-refractivity contribution < 1.29 is 9.53 Å². The second-order valence-corrected chi connectivity index (χ2v) is 8.84. The quantitative estimate of drug-likeness (QED) is 0.236. The number of benzene rings is 2. The number of nitrogens with one attached hydrogen (secondary N) is 3. The Morgan fingerprint density at radius 3 is 2.67 bits per heavy atom. The number of carbonyl (C=O) groups is 1. The minimum atomic E-state index is -0.401. The molecule has 0 saturated carbocycles. The minimum absolute atomic E-state index is 0.401. The first kappa shape index (κ1) is 23.3. The van der Waals surface area contributed by atoms with Gasteiger partial charge in [-0.25, -0.2) is 14.8 Å². The molecule has 5 aromatic rings. The van der Waals surface area contributed by atoms with Gasteiger partial charge in [0.1, 0.15) is 11.3 Å². The van der Waals surface area contributed by atoms with Crippen LogP contribution in [-0.4, -0.2) is 32.7 Å². The fourth-order valence-corrected chi connectivity index (χ4v) is 4.14. The van der Waals surface area contributed by atoms with Crippen molar-refractivity contribution in [3.63, 3.8) is 0 Å². The smallest absolute Gasteiger partial charge is 0.323 e. The van der Waals surface area contributed by atoms with Gasteiger partial charge in [0.25, 0.3) is 0 Å². The Labute approximate surface area is 215 Å². The molecule has 3 N–H and O–H groups in total. The first-order valence-corrected chi connectivity index (χ1v) is 11.8. The van der Waals surface area contributed by atoms with E-state index in [1.165, 1.54) is 0 Å². The van der Waals surface area contributed by atoms with Crippen LogP contribution in [0.25, 0.3) is 22.4 Å². The number of halogens is 1. The Hall–Kier alpha value is -4.44. The van der Waals surface area contributed by atoms with Crippen LogP contribution in [0, 0.1) is 0 Å². The maximum atomic E-state index is 12.7. The van der Waals surface area contributed by atoms with Crippen LogP contribution in [0.3, 0.4) is 0 Å². The lowest BCUT2D eigenvalue weighted by molar-refractivity contribution is 0.262. The summed E-state index contributed by atoms with van der Waals surface area (Å²) >= 11 is 3.41. The molecule has 3 heterocycles. The summed E-state index contributed by atoms with van der Waals surface area (Å²) in [5.41, 5.74) is 4.39. The second-order valence-electron chi connectivity index (χ2n) is 7.93. The topological polar surface area (TPSA) is 106 Å². The van der Waals surface area contributed by atoms with E-state index >= 15 is 0 Å². The molecular formula is C26H22BrN7O2. The molecule has 0 unspecified atom stereocenters. The van der Waals surface area contributed by atoms with E-state index in [2.05, 4.69) is 36.9 Å². The Morgan fingerprint density at radius 2 is 1.86 bits per heavy atom. The number of aromatic nitrogens is 4. The van der Waals surface area contributed by atoms with E-state index < -0.39 is 6.03 Å². The summed E-state index contributed by atoms with van der Waals surface area (Å²) < 4.78 is 8.12. The van der Waals surface area contributed by atoms with E-state index in [-0.39, 0.29) is 0 Å². The van der Waals surface area contributed by atoms with Gasteiger partial charge in [0, 0.05) is 35.2 Å². The zero-order valence-electron chi connectivity index (χ0n) is 19.5. The van der Waals surface area contributed by atoms with Gasteiger partial charge in [-0.1, -0.05) is 28.1 Å². The van der Waals surface area contributed by atoms with E-state index in [9.17, 15) is 4.79 Å². The Kier molecular flexibility index (Phi) is 6.50. The molecule has 0 aliphatic heterocycles. The van der Waals surface area contributed by atoms with Gasteiger partial charge < -0.3 is 25.3 Å². The molecule has 0 aliphatic rings. The number of aryl methyl sites for hydroxylation is 1. The van der Waals surface area contributed by atoms with E-state index in [1.54, 1.807) is 37.7 Å². The summed E-state index contributed by atoms with van der Waals surface area (Å²) in [6, 6.07) is 18.1. The number of fused-ring (bicyclic) bond motifs is 1. The third-order valence-electron chi connectivity index (χ3n) is 5.43. The van der Waals surface area contributed by atoms with E-state index in [0.717, 1.165) is 26.8 Å². The highest BCUT2D eigenvalue weighted by atomic mass is 79.9. The zero-order valence-corrected chi connectivity index (χ0v) is 21.1. The fraction of sp³-hybridized carbons (Fsp3) is 0.0769. The molecule has 180 valence electrons. The molecule has 0 spiro atoms. The van der Waals surface area contributed by atoms with Gasteiger partial charge in [-0.15, -0.1) is 0 Å². The molecule has 0 saturated heterocycles. The molecule has 0 atom stereocenters. The lowest BCUT2D eigenvalue weighted by Crippen LogP contribution is -2.19. The number of amides is 2. The third kappa shape index (κ3) is 4.98. The van der Waals surface area contributed by atoms with E-state index in [0.29, 0.717) is 28.8 Å². The van der Waals surface area contributed by atoms with E-state index in [4.69, 9.17) is 14.7 Å². The monoisotopic (exact) mass is 543 g/mol. The number of urea groups is 1. The van der Waals surface area contributed by atoms with Crippen LogP contribution in [0.5, 0.6) is 5.75 Å². The summed E-state index contributed by atoms with van der Waals surface area (Å²) in [6.45, 7) is 0. The van der Waals surface area contributed by atoms with Crippen LogP contribution in [0.15, 0.2) is 83.7 Å². The van der Waals surface area contributed by atoms with Crippen LogP contribution in [0.1, 0.15) is 0 Å². The Morgan fingerprint density at radius 1 is 1.00 bits per heavy atom. The number of hydrogen-bond donors (Lipinski definition) is 3. The average Bonchev–Trinajstić information content (AvgIpc) is 3.26. The zero-order chi connectivity index (χ0) is 25.1. The summed E-state index contributed by atoms with van der Waals surface area (Å²) in [7, 11) is 3.50. The lowest BCUT2D eigenvalue weighted by atomic mass is 10.2. The summed E-state index contributed by atoms with van der Waals surface area (Å²) in [4.78, 5) is 26.4. The molecule has 0 aliphatic carbocycles. The molecule has 2 amide bonds. The highest BCUT2D eigenvalue weighted by Crippen LogP contribution is 2.30. The largest absolute Gasteiger partial charge is 0.495 e. The van der Waals surface area contributed by atoms with Crippen LogP contribution >= 0.6 is 15.9 Å². The van der Waals surface area contributed by atoms with Gasteiger partial charge in [-0.2, -0.15) is 0 Å². The molecule has 5 rings (SSSR count). The third-order valence-corrected chi connectivity index (χ3v) is 5.93. The number of ether oxygens (including phenoxy) is 1. The predicted molar refractivity (Wildman–Crippen MR) is 145 cm³/mol. The summed E-state index contributed by atoms with van der Waals surface area (Å²) in [6.07, 6.45) is 5.39. The number of carbonyl (C=O) groups excluding carboxylic acids is 1. The molecule has 36 heavy (non-hydrogen) atoms. The lowest BCUT2D eigenvalue weighted by Gasteiger charge is -2.13. The van der Waals surface area contributed by atoms with Gasteiger partial charge in [-0.3, -0.25) is 4.98 Å². The van der Waals surface area contributed by atoms with Gasteiger partial charge in [0.15, 0.2) is 11.6 Å². The molecule has 3 aromatic heterocycles.